The first-order chi connectivity index (χ1) is 9.04. The number of benzene rings is 1. The number of aliphatic hydroxyl groups is 1. The molecule has 19 heavy (non-hydrogen) atoms. The van der Waals surface area contributed by atoms with Gasteiger partial charge in [0.25, 0.3) is 0 Å². The summed E-state index contributed by atoms with van der Waals surface area (Å²) in [7, 11) is 1.69. The number of para-hydroxylation sites is 1. The summed E-state index contributed by atoms with van der Waals surface area (Å²) in [6, 6.07) is 8.05. The van der Waals surface area contributed by atoms with Gasteiger partial charge in [-0.05, 0) is 19.9 Å². The van der Waals surface area contributed by atoms with Crippen molar-refractivity contribution in [3.63, 3.8) is 0 Å². The lowest BCUT2D eigenvalue weighted by Crippen LogP contribution is -2.53. The molecule has 1 aromatic carbocycles. The standard InChI is InChI=1S/C15H23NO3/c1-15(2)11-16(9-13(10-17)19-15)8-12-6-4-5-7-14(12)18-3/h4-7,13,17H,8-11H2,1-3H3. The van der Waals surface area contributed by atoms with Gasteiger partial charge in [-0.25, -0.2) is 0 Å². The van der Waals surface area contributed by atoms with Crippen molar-refractivity contribution in [1.82, 2.24) is 4.90 Å². The van der Waals surface area contributed by atoms with Crippen molar-refractivity contribution >= 4 is 0 Å². The molecular formula is C15H23NO3. The molecule has 1 unspecified atom stereocenters. The Bertz CT molecular complexity index is 420. The van der Waals surface area contributed by atoms with Crippen LogP contribution >= 0.6 is 0 Å². The normalized spacial score (nSPS) is 23.3. The largest absolute Gasteiger partial charge is 0.496 e. The molecule has 1 heterocycles. The molecule has 0 aromatic heterocycles. The second kappa shape index (κ2) is 5.90. The molecule has 4 heteroatoms. The van der Waals surface area contributed by atoms with Crippen molar-refractivity contribution in [3.05, 3.63) is 29.8 Å². The van der Waals surface area contributed by atoms with E-state index in [0.29, 0.717) is 0 Å². The van der Waals surface area contributed by atoms with Crippen LogP contribution in [0.1, 0.15) is 19.4 Å². The van der Waals surface area contributed by atoms with Gasteiger partial charge in [-0.3, -0.25) is 4.90 Å². The van der Waals surface area contributed by atoms with E-state index in [0.717, 1.165) is 25.4 Å². The number of methoxy groups -OCH3 is 1. The fourth-order valence-electron chi connectivity index (χ4n) is 2.71. The third-order valence-electron chi connectivity index (χ3n) is 3.34. The number of hydrogen-bond acceptors (Lipinski definition) is 4. The van der Waals surface area contributed by atoms with E-state index < -0.39 is 0 Å². The van der Waals surface area contributed by atoms with Crippen LogP contribution in [0.15, 0.2) is 24.3 Å². The summed E-state index contributed by atoms with van der Waals surface area (Å²) >= 11 is 0. The summed E-state index contributed by atoms with van der Waals surface area (Å²) in [5.74, 6) is 0.910. The van der Waals surface area contributed by atoms with Crippen molar-refractivity contribution in [2.45, 2.75) is 32.1 Å². The SMILES string of the molecule is COc1ccccc1CN1CC(CO)OC(C)(C)C1. The lowest BCUT2D eigenvalue weighted by atomic mass is 10.0. The molecular weight excluding hydrogens is 242 g/mol. The fraction of sp³-hybridized carbons (Fsp3) is 0.600. The quantitative estimate of drug-likeness (QED) is 0.899. The first-order valence-electron chi connectivity index (χ1n) is 6.67. The van der Waals surface area contributed by atoms with Crippen molar-refractivity contribution in [2.24, 2.45) is 0 Å². The Morgan fingerprint density at radius 1 is 1.42 bits per heavy atom. The van der Waals surface area contributed by atoms with Crippen molar-refractivity contribution in [3.8, 4) is 5.75 Å². The van der Waals surface area contributed by atoms with Crippen LogP contribution in [0.5, 0.6) is 5.75 Å². The van der Waals surface area contributed by atoms with E-state index >= 15 is 0 Å². The Hall–Kier alpha value is -1.10. The summed E-state index contributed by atoms with van der Waals surface area (Å²) in [5.41, 5.74) is 0.938. The first kappa shape index (κ1) is 14.3. The van der Waals surface area contributed by atoms with Crippen LogP contribution in [-0.4, -0.2) is 48.5 Å². The minimum Gasteiger partial charge on any atom is -0.496 e. The second-order valence-corrected chi connectivity index (χ2v) is 5.66. The predicted molar refractivity (Wildman–Crippen MR) is 74.3 cm³/mol. The Kier molecular flexibility index (Phi) is 4.45. The molecule has 4 nitrogen and oxygen atoms in total. The molecule has 2 rings (SSSR count). The summed E-state index contributed by atoms with van der Waals surface area (Å²) in [6.07, 6.45) is -0.113. The minimum absolute atomic E-state index is 0.0614. The molecule has 0 amide bonds. The van der Waals surface area contributed by atoms with E-state index in [1.165, 1.54) is 5.56 Å². The third-order valence-corrected chi connectivity index (χ3v) is 3.34. The molecule has 1 aliphatic rings. The number of aliphatic hydroxyl groups excluding tert-OH is 1. The maximum absolute atomic E-state index is 9.33. The van der Waals surface area contributed by atoms with Gasteiger partial charge in [-0.15, -0.1) is 0 Å². The molecule has 1 aromatic rings. The second-order valence-electron chi connectivity index (χ2n) is 5.66. The van der Waals surface area contributed by atoms with E-state index in [4.69, 9.17) is 9.47 Å². The van der Waals surface area contributed by atoms with Crippen LogP contribution in [0.25, 0.3) is 0 Å². The molecule has 1 fully saturated rings. The van der Waals surface area contributed by atoms with Crippen molar-refractivity contribution < 1.29 is 14.6 Å². The van der Waals surface area contributed by atoms with Crippen LogP contribution in [0.2, 0.25) is 0 Å². The predicted octanol–water partition coefficient (Wildman–Crippen LogP) is 1.67. The molecule has 0 radical (unpaired) electrons. The highest BCUT2D eigenvalue weighted by Gasteiger charge is 2.33. The maximum Gasteiger partial charge on any atom is 0.123 e. The molecule has 106 valence electrons. The third kappa shape index (κ3) is 3.69. The van der Waals surface area contributed by atoms with Gasteiger partial charge in [0, 0.05) is 25.2 Å². The van der Waals surface area contributed by atoms with Gasteiger partial charge >= 0.3 is 0 Å². The van der Waals surface area contributed by atoms with E-state index in [2.05, 4.69) is 24.8 Å². The molecule has 1 saturated heterocycles. The highest BCUT2D eigenvalue weighted by Crippen LogP contribution is 2.25. The highest BCUT2D eigenvalue weighted by molar-refractivity contribution is 5.33. The number of morpholine rings is 1. The molecule has 1 N–H and O–H groups in total. The summed E-state index contributed by atoms with van der Waals surface area (Å²) in [6.45, 7) is 6.59. The Balaban J connectivity index is 2.09. The van der Waals surface area contributed by atoms with Crippen molar-refractivity contribution in [2.75, 3.05) is 26.8 Å². The zero-order valence-electron chi connectivity index (χ0n) is 11.9. The number of rotatable bonds is 4. The average Bonchev–Trinajstić information content (AvgIpc) is 2.37. The minimum atomic E-state index is -0.229. The van der Waals surface area contributed by atoms with Gasteiger partial charge in [0.1, 0.15) is 5.75 Å². The van der Waals surface area contributed by atoms with Gasteiger partial charge < -0.3 is 14.6 Å². The summed E-state index contributed by atoms with van der Waals surface area (Å²) < 4.78 is 11.2. The molecule has 0 bridgehead atoms. The maximum atomic E-state index is 9.33. The first-order valence-corrected chi connectivity index (χ1v) is 6.67. The van der Waals surface area contributed by atoms with Crippen LogP contribution in [0.4, 0.5) is 0 Å². The van der Waals surface area contributed by atoms with Gasteiger partial charge in [0.15, 0.2) is 0 Å². The smallest absolute Gasteiger partial charge is 0.123 e. The lowest BCUT2D eigenvalue weighted by Gasteiger charge is -2.42. The van der Waals surface area contributed by atoms with Gasteiger partial charge in [-0.2, -0.15) is 0 Å². The van der Waals surface area contributed by atoms with Crippen LogP contribution in [0.3, 0.4) is 0 Å². The van der Waals surface area contributed by atoms with Gasteiger partial charge in [0.2, 0.25) is 0 Å². The topological polar surface area (TPSA) is 41.9 Å². The van der Waals surface area contributed by atoms with Gasteiger partial charge in [0.05, 0.1) is 25.4 Å². The van der Waals surface area contributed by atoms with Crippen LogP contribution in [-0.2, 0) is 11.3 Å². The average molecular weight is 265 g/mol. The molecule has 1 atom stereocenters. The summed E-state index contributed by atoms with van der Waals surface area (Å²) in [4.78, 5) is 2.31. The highest BCUT2D eigenvalue weighted by atomic mass is 16.5. The number of hydrogen-bond donors (Lipinski definition) is 1. The van der Waals surface area contributed by atoms with E-state index in [1.807, 2.05) is 18.2 Å². The molecule has 1 aliphatic heterocycles. The van der Waals surface area contributed by atoms with Crippen molar-refractivity contribution in [1.29, 1.82) is 0 Å². The molecule has 0 saturated carbocycles. The molecule has 0 aliphatic carbocycles. The van der Waals surface area contributed by atoms with E-state index in [-0.39, 0.29) is 18.3 Å². The fourth-order valence-corrected chi connectivity index (χ4v) is 2.71. The number of ether oxygens (including phenoxy) is 2. The molecule has 0 spiro atoms. The number of nitrogens with zero attached hydrogens (tertiary/aromatic N) is 1. The monoisotopic (exact) mass is 265 g/mol. The Morgan fingerprint density at radius 2 is 2.16 bits per heavy atom. The Labute approximate surface area is 114 Å². The van der Waals surface area contributed by atoms with E-state index in [1.54, 1.807) is 7.11 Å². The Morgan fingerprint density at radius 3 is 2.84 bits per heavy atom. The lowest BCUT2D eigenvalue weighted by molar-refractivity contribution is -0.150. The summed E-state index contributed by atoms with van der Waals surface area (Å²) in [5, 5.41) is 9.33. The van der Waals surface area contributed by atoms with E-state index in [9.17, 15) is 5.11 Å². The zero-order chi connectivity index (χ0) is 13.9. The van der Waals surface area contributed by atoms with Gasteiger partial charge in [-0.1, -0.05) is 18.2 Å². The van der Waals surface area contributed by atoms with Crippen LogP contribution < -0.4 is 4.74 Å². The zero-order valence-corrected chi connectivity index (χ0v) is 11.9. The van der Waals surface area contributed by atoms with Crippen LogP contribution in [0, 0.1) is 0 Å².